The third kappa shape index (κ3) is 4.27. The van der Waals surface area contributed by atoms with Gasteiger partial charge in [0.15, 0.2) is 0 Å². The van der Waals surface area contributed by atoms with Crippen LogP contribution in [0.1, 0.15) is 17.7 Å². The van der Waals surface area contributed by atoms with E-state index in [1.165, 1.54) is 0 Å². The largest absolute Gasteiger partial charge is 0.496 e. The van der Waals surface area contributed by atoms with Crippen LogP contribution in [0.15, 0.2) is 47.1 Å². The standard InChI is InChI=1S/C19H21BrN4O/c1-25-18-6-5-13(11-16(18)20)10-14-12-17-15(4-2-8-22-17)19(24-14)23-9-3-7-21/h2,4-6,8,11-12H,3,7,9-10,21H2,1H3,(H,23,24). The molecule has 5 nitrogen and oxygen atoms in total. The molecule has 2 aromatic heterocycles. The molecule has 0 saturated heterocycles. The SMILES string of the molecule is COc1ccc(Cc2cc3ncccc3c(NCCCN)n2)cc1Br. The van der Waals surface area contributed by atoms with Gasteiger partial charge >= 0.3 is 0 Å². The molecule has 6 heteroatoms. The molecule has 0 aliphatic rings. The molecule has 0 atom stereocenters. The maximum atomic E-state index is 5.59. The van der Waals surface area contributed by atoms with E-state index in [4.69, 9.17) is 15.5 Å². The molecule has 2 heterocycles. The van der Waals surface area contributed by atoms with Gasteiger partial charge in [-0.3, -0.25) is 4.98 Å². The van der Waals surface area contributed by atoms with Gasteiger partial charge in [0.25, 0.3) is 0 Å². The molecule has 0 spiro atoms. The number of ether oxygens (including phenoxy) is 1. The van der Waals surface area contributed by atoms with E-state index in [1.54, 1.807) is 13.3 Å². The topological polar surface area (TPSA) is 73.1 Å². The number of aromatic nitrogens is 2. The summed E-state index contributed by atoms with van der Waals surface area (Å²) >= 11 is 3.54. The maximum Gasteiger partial charge on any atom is 0.135 e. The van der Waals surface area contributed by atoms with Crippen LogP contribution in [0.3, 0.4) is 0 Å². The van der Waals surface area contributed by atoms with Gasteiger partial charge in [0, 0.05) is 30.2 Å². The Morgan fingerprint density at radius 3 is 2.88 bits per heavy atom. The molecule has 130 valence electrons. The van der Waals surface area contributed by atoms with Gasteiger partial charge < -0.3 is 15.8 Å². The number of pyridine rings is 2. The Morgan fingerprint density at radius 1 is 1.24 bits per heavy atom. The van der Waals surface area contributed by atoms with Crippen LogP contribution < -0.4 is 15.8 Å². The predicted molar refractivity (Wildman–Crippen MR) is 105 cm³/mol. The highest BCUT2D eigenvalue weighted by molar-refractivity contribution is 9.10. The summed E-state index contributed by atoms with van der Waals surface area (Å²) in [6, 6.07) is 12.1. The molecule has 0 aliphatic heterocycles. The number of hydrogen-bond donors (Lipinski definition) is 2. The molecule has 1 aromatic carbocycles. The number of fused-ring (bicyclic) bond motifs is 1. The predicted octanol–water partition coefficient (Wildman–Crippen LogP) is 3.75. The summed E-state index contributed by atoms with van der Waals surface area (Å²) in [6.45, 7) is 1.45. The van der Waals surface area contributed by atoms with Crippen molar-refractivity contribution in [2.75, 3.05) is 25.5 Å². The summed E-state index contributed by atoms with van der Waals surface area (Å²) in [5, 5.41) is 4.41. The Bertz CT molecular complexity index is 869. The second-order valence-electron chi connectivity index (χ2n) is 5.75. The lowest BCUT2D eigenvalue weighted by Gasteiger charge is -2.11. The van der Waals surface area contributed by atoms with Crippen molar-refractivity contribution in [2.24, 2.45) is 5.73 Å². The third-order valence-electron chi connectivity index (χ3n) is 3.93. The van der Waals surface area contributed by atoms with Crippen LogP contribution in [0.5, 0.6) is 5.75 Å². The quantitative estimate of drug-likeness (QED) is 0.590. The summed E-state index contributed by atoms with van der Waals surface area (Å²) in [5.41, 5.74) is 8.65. The zero-order valence-electron chi connectivity index (χ0n) is 14.1. The van der Waals surface area contributed by atoms with Gasteiger partial charge in [-0.1, -0.05) is 6.07 Å². The van der Waals surface area contributed by atoms with E-state index in [2.05, 4.69) is 38.4 Å². The second-order valence-corrected chi connectivity index (χ2v) is 6.60. The van der Waals surface area contributed by atoms with Crippen LogP contribution in [0.4, 0.5) is 5.82 Å². The van der Waals surface area contributed by atoms with E-state index in [9.17, 15) is 0 Å². The summed E-state index contributed by atoms with van der Waals surface area (Å²) < 4.78 is 6.23. The van der Waals surface area contributed by atoms with Crippen LogP contribution in [0, 0.1) is 0 Å². The average Bonchev–Trinajstić information content (AvgIpc) is 2.62. The molecular formula is C19H21BrN4O. The fraction of sp³-hybridized carbons (Fsp3) is 0.263. The highest BCUT2D eigenvalue weighted by Crippen LogP contribution is 2.27. The normalized spacial score (nSPS) is 10.8. The van der Waals surface area contributed by atoms with Gasteiger partial charge in [0.05, 0.1) is 17.1 Å². The van der Waals surface area contributed by atoms with Crippen molar-refractivity contribution >= 4 is 32.7 Å². The second kappa shape index (κ2) is 8.27. The Morgan fingerprint density at radius 2 is 2.12 bits per heavy atom. The first-order valence-electron chi connectivity index (χ1n) is 8.22. The van der Waals surface area contributed by atoms with Crippen molar-refractivity contribution in [1.82, 2.24) is 9.97 Å². The van der Waals surface area contributed by atoms with Gasteiger partial charge in [-0.15, -0.1) is 0 Å². The Balaban J connectivity index is 1.91. The maximum absolute atomic E-state index is 5.59. The fourth-order valence-electron chi connectivity index (χ4n) is 2.69. The van der Waals surface area contributed by atoms with Gasteiger partial charge in [-0.05, 0) is 64.8 Å². The number of hydrogen-bond acceptors (Lipinski definition) is 5. The minimum absolute atomic E-state index is 0.656. The molecule has 0 fully saturated rings. The molecule has 3 rings (SSSR count). The first-order valence-corrected chi connectivity index (χ1v) is 9.01. The Labute approximate surface area is 155 Å². The Kier molecular flexibility index (Phi) is 5.83. The van der Waals surface area contributed by atoms with Crippen LogP contribution in [-0.2, 0) is 6.42 Å². The zero-order chi connectivity index (χ0) is 17.6. The van der Waals surface area contributed by atoms with Gasteiger partial charge in [0.2, 0.25) is 0 Å². The van der Waals surface area contributed by atoms with Gasteiger partial charge in [0.1, 0.15) is 11.6 Å². The van der Waals surface area contributed by atoms with Crippen molar-refractivity contribution in [3.63, 3.8) is 0 Å². The molecule has 0 unspecified atom stereocenters. The minimum Gasteiger partial charge on any atom is -0.496 e. The van der Waals surface area contributed by atoms with E-state index in [1.807, 2.05) is 24.3 Å². The first-order chi connectivity index (χ1) is 12.2. The summed E-state index contributed by atoms with van der Waals surface area (Å²) in [4.78, 5) is 9.29. The van der Waals surface area contributed by atoms with E-state index in [0.717, 1.165) is 57.6 Å². The number of halogens is 1. The number of anilines is 1. The molecule has 3 aromatic rings. The number of rotatable bonds is 7. The van der Waals surface area contributed by atoms with Gasteiger partial charge in [-0.25, -0.2) is 4.98 Å². The third-order valence-corrected chi connectivity index (χ3v) is 4.55. The monoisotopic (exact) mass is 400 g/mol. The zero-order valence-corrected chi connectivity index (χ0v) is 15.7. The summed E-state index contributed by atoms with van der Waals surface area (Å²) in [6.07, 6.45) is 3.43. The molecule has 0 aliphatic carbocycles. The van der Waals surface area contributed by atoms with E-state index >= 15 is 0 Å². The lowest BCUT2D eigenvalue weighted by molar-refractivity contribution is 0.412. The van der Waals surface area contributed by atoms with Crippen molar-refractivity contribution in [3.8, 4) is 5.75 Å². The lowest BCUT2D eigenvalue weighted by Crippen LogP contribution is -2.10. The average molecular weight is 401 g/mol. The number of nitrogens with one attached hydrogen (secondary N) is 1. The molecule has 25 heavy (non-hydrogen) atoms. The van der Waals surface area contributed by atoms with Crippen molar-refractivity contribution < 1.29 is 4.74 Å². The lowest BCUT2D eigenvalue weighted by atomic mass is 10.1. The summed E-state index contributed by atoms with van der Waals surface area (Å²) in [7, 11) is 1.66. The minimum atomic E-state index is 0.656. The van der Waals surface area contributed by atoms with Crippen LogP contribution in [0.2, 0.25) is 0 Å². The first kappa shape index (κ1) is 17.6. The van der Waals surface area contributed by atoms with Crippen LogP contribution in [0.25, 0.3) is 10.9 Å². The van der Waals surface area contributed by atoms with E-state index in [-0.39, 0.29) is 0 Å². The number of methoxy groups -OCH3 is 1. The van der Waals surface area contributed by atoms with Gasteiger partial charge in [-0.2, -0.15) is 0 Å². The molecule has 0 saturated carbocycles. The number of benzene rings is 1. The highest BCUT2D eigenvalue weighted by atomic mass is 79.9. The highest BCUT2D eigenvalue weighted by Gasteiger charge is 2.09. The van der Waals surface area contributed by atoms with E-state index in [0.29, 0.717) is 6.54 Å². The van der Waals surface area contributed by atoms with Crippen molar-refractivity contribution in [1.29, 1.82) is 0 Å². The number of nitrogens with zero attached hydrogens (tertiary/aromatic N) is 2. The summed E-state index contributed by atoms with van der Waals surface area (Å²) in [5.74, 6) is 1.68. The molecule has 0 amide bonds. The smallest absolute Gasteiger partial charge is 0.135 e. The fourth-order valence-corrected chi connectivity index (χ4v) is 3.28. The van der Waals surface area contributed by atoms with Crippen LogP contribution >= 0.6 is 15.9 Å². The van der Waals surface area contributed by atoms with E-state index < -0.39 is 0 Å². The molecule has 3 N–H and O–H groups in total. The van der Waals surface area contributed by atoms with Crippen molar-refractivity contribution in [3.05, 3.63) is 58.3 Å². The van der Waals surface area contributed by atoms with Crippen molar-refractivity contribution in [2.45, 2.75) is 12.8 Å². The number of nitrogens with two attached hydrogens (primary N) is 1. The van der Waals surface area contributed by atoms with Crippen LogP contribution in [-0.4, -0.2) is 30.2 Å². The Hall–Kier alpha value is -2.18. The molecule has 0 radical (unpaired) electrons. The molecular weight excluding hydrogens is 380 g/mol. The molecule has 0 bridgehead atoms.